The van der Waals surface area contributed by atoms with E-state index in [2.05, 4.69) is 5.32 Å². The first-order valence-corrected chi connectivity index (χ1v) is 6.17. The van der Waals surface area contributed by atoms with Crippen LogP contribution in [0.2, 0.25) is 0 Å². The van der Waals surface area contributed by atoms with Crippen LogP contribution in [-0.2, 0) is 4.74 Å². The fourth-order valence-electron chi connectivity index (χ4n) is 1.66. The Morgan fingerprint density at radius 1 is 1.16 bits per heavy atom. The summed E-state index contributed by atoms with van der Waals surface area (Å²) in [6.45, 7) is 1.75. The van der Waals surface area contributed by atoms with Gasteiger partial charge in [0.05, 0.1) is 20.8 Å². The number of hydrogen-bond donors (Lipinski definition) is 1. The maximum absolute atomic E-state index is 12.0. The summed E-state index contributed by atoms with van der Waals surface area (Å²) in [5.74, 6) is 1.21. The minimum atomic E-state index is 0.0263. The van der Waals surface area contributed by atoms with Crippen LogP contribution in [0.5, 0.6) is 11.5 Å². The zero-order chi connectivity index (χ0) is 14.1. The molecular formula is C14H21NO4. The van der Waals surface area contributed by atoms with Gasteiger partial charge in [-0.3, -0.25) is 4.79 Å². The van der Waals surface area contributed by atoms with E-state index in [-0.39, 0.29) is 5.78 Å². The number of ketones is 1. The summed E-state index contributed by atoms with van der Waals surface area (Å²) in [5, 5.41) is 3.08. The molecule has 1 N–H and O–H groups in total. The number of ether oxygens (including phenoxy) is 3. The van der Waals surface area contributed by atoms with E-state index in [0.717, 1.165) is 13.0 Å². The Morgan fingerprint density at radius 2 is 1.89 bits per heavy atom. The minimum Gasteiger partial charge on any atom is -0.493 e. The Morgan fingerprint density at radius 3 is 2.53 bits per heavy atom. The normalized spacial score (nSPS) is 10.3. The highest BCUT2D eigenvalue weighted by Gasteiger charge is 2.10. The number of carbonyl (C=O) groups is 1. The van der Waals surface area contributed by atoms with Crippen molar-refractivity contribution >= 4 is 5.78 Å². The number of benzene rings is 1. The summed E-state index contributed by atoms with van der Waals surface area (Å²) in [6, 6.07) is 5.16. The van der Waals surface area contributed by atoms with Gasteiger partial charge in [-0.25, -0.2) is 0 Å². The van der Waals surface area contributed by atoms with Gasteiger partial charge in [0.1, 0.15) is 0 Å². The quantitative estimate of drug-likeness (QED) is 0.543. The van der Waals surface area contributed by atoms with Gasteiger partial charge in [-0.05, 0) is 31.2 Å². The molecule has 1 rings (SSSR count). The summed E-state index contributed by atoms with van der Waals surface area (Å²) in [7, 11) is 4.78. The first kappa shape index (κ1) is 15.5. The largest absolute Gasteiger partial charge is 0.493 e. The zero-order valence-electron chi connectivity index (χ0n) is 11.7. The Kier molecular flexibility index (Phi) is 6.92. The van der Waals surface area contributed by atoms with Crippen molar-refractivity contribution in [1.82, 2.24) is 5.32 Å². The van der Waals surface area contributed by atoms with Crippen molar-refractivity contribution in [2.45, 2.75) is 6.42 Å². The first-order chi connectivity index (χ1) is 9.22. The van der Waals surface area contributed by atoms with Gasteiger partial charge in [0.2, 0.25) is 0 Å². The molecule has 0 aliphatic rings. The van der Waals surface area contributed by atoms with E-state index in [4.69, 9.17) is 14.2 Å². The molecule has 0 unspecified atom stereocenters. The molecule has 0 saturated heterocycles. The zero-order valence-corrected chi connectivity index (χ0v) is 11.7. The van der Waals surface area contributed by atoms with Crippen LogP contribution in [0.4, 0.5) is 0 Å². The summed E-state index contributed by atoms with van der Waals surface area (Å²) in [6.07, 6.45) is 0.885. The van der Waals surface area contributed by atoms with Crippen molar-refractivity contribution < 1.29 is 19.0 Å². The van der Waals surface area contributed by atoms with Crippen LogP contribution >= 0.6 is 0 Å². The van der Waals surface area contributed by atoms with Crippen LogP contribution in [0.15, 0.2) is 18.2 Å². The fourth-order valence-corrected chi connectivity index (χ4v) is 1.66. The third-order valence-electron chi connectivity index (χ3n) is 2.69. The van der Waals surface area contributed by atoms with E-state index in [1.165, 1.54) is 0 Å². The molecule has 0 fully saturated rings. The molecule has 0 aliphatic heterocycles. The minimum absolute atomic E-state index is 0.0263. The molecule has 0 aromatic heterocycles. The molecule has 0 heterocycles. The van der Waals surface area contributed by atoms with Crippen molar-refractivity contribution in [2.24, 2.45) is 0 Å². The molecule has 0 aliphatic carbocycles. The van der Waals surface area contributed by atoms with Crippen LogP contribution in [0.25, 0.3) is 0 Å². The SMILES string of the molecule is COCCCNCC(=O)c1ccc(OC)c(OC)c1. The van der Waals surface area contributed by atoms with Crippen molar-refractivity contribution in [1.29, 1.82) is 0 Å². The average molecular weight is 267 g/mol. The molecule has 0 bridgehead atoms. The van der Waals surface area contributed by atoms with E-state index >= 15 is 0 Å². The molecule has 1 aromatic rings. The highest BCUT2D eigenvalue weighted by molar-refractivity contribution is 5.98. The summed E-state index contributed by atoms with van der Waals surface area (Å²) >= 11 is 0. The lowest BCUT2D eigenvalue weighted by Gasteiger charge is -2.09. The smallest absolute Gasteiger partial charge is 0.176 e. The molecule has 0 spiro atoms. The number of methoxy groups -OCH3 is 3. The van der Waals surface area contributed by atoms with E-state index in [0.29, 0.717) is 30.2 Å². The van der Waals surface area contributed by atoms with E-state index < -0.39 is 0 Å². The topological polar surface area (TPSA) is 56.8 Å². The Balaban J connectivity index is 2.52. The Bertz CT molecular complexity index is 406. The predicted molar refractivity (Wildman–Crippen MR) is 73.2 cm³/mol. The Hall–Kier alpha value is -1.59. The monoisotopic (exact) mass is 267 g/mol. The van der Waals surface area contributed by atoms with Crippen molar-refractivity contribution in [2.75, 3.05) is 41.0 Å². The molecule has 0 atom stereocenters. The molecule has 19 heavy (non-hydrogen) atoms. The molecule has 0 radical (unpaired) electrons. The highest BCUT2D eigenvalue weighted by atomic mass is 16.5. The van der Waals surface area contributed by atoms with Crippen molar-refractivity contribution in [3.63, 3.8) is 0 Å². The number of nitrogens with one attached hydrogen (secondary N) is 1. The van der Waals surface area contributed by atoms with Gasteiger partial charge < -0.3 is 19.5 Å². The molecule has 106 valence electrons. The average Bonchev–Trinajstić information content (AvgIpc) is 2.46. The molecule has 5 heteroatoms. The van der Waals surface area contributed by atoms with Gasteiger partial charge in [0.15, 0.2) is 17.3 Å². The molecule has 1 aromatic carbocycles. The van der Waals surface area contributed by atoms with E-state index in [1.807, 2.05) is 0 Å². The number of carbonyl (C=O) groups excluding carboxylic acids is 1. The van der Waals surface area contributed by atoms with Gasteiger partial charge in [-0.15, -0.1) is 0 Å². The van der Waals surface area contributed by atoms with Crippen LogP contribution < -0.4 is 14.8 Å². The van der Waals surface area contributed by atoms with Gasteiger partial charge in [-0.2, -0.15) is 0 Å². The number of hydrogen-bond acceptors (Lipinski definition) is 5. The molecule has 0 saturated carbocycles. The van der Waals surface area contributed by atoms with E-state index in [1.54, 1.807) is 39.5 Å². The lowest BCUT2D eigenvalue weighted by atomic mass is 10.1. The van der Waals surface area contributed by atoms with Gasteiger partial charge >= 0.3 is 0 Å². The highest BCUT2D eigenvalue weighted by Crippen LogP contribution is 2.27. The van der Waals surface area contributed by atoms with Crippen molar-refractivity contribution in [3.8, 4) is 11.5 Å². The second-order valence-electron chi connectivity index (χ2n) is 4.02. The number of rotatable bonds is 9. The second-order valence-corrected chi connectivity index (χ2v) is 4.02. The molecule has 5 nitrogen and oxygen atoms in total. The van der Waals surface area contributed by atoms with Gasteiger partial charge in [0.25, 0.3) is 0 Å². The molecule has 0 amide bonds. The predicted octanol–water partition coefficient (Wildman–Crippen LogP) is 1.51. The first-order valence-electron chi connectivity index (χ1n) is 6.17. The Labute approximate surface area is 113 Å². The summed E-state index contributed by atoms with van der Waals surface area (Å²) in [5.41, 5.74) is 0.608. The van der Waals surface area contributed by atoms with Gasteiger partial charge in [0, 0.05) is 19.3 Å². The van der Waals surface area contributed by atoms with Crippen molar-refractivity contribution in [3.05, 3.63) is 23.8 Å². The summed E-state index contributed by atoms with van der Waals surface area (Å²) < 4.78 is 15.2. The third kappa shape index (κ3) is 4.89. The van der Waals surface area contributed by atoms with Crippen LogP contribution in [0, 0.1) is 0 Å². The maximum atomic E-state index is 12.0. The molecular weight excluding hydrogens is 246 g/mol. The second kappa shape index (κ2) is 8.50. The standard InChI is InChI=1S/C14H21NO4/c1-17-8-4-7-15-10-12(16)11-5-6-13(18-2)14(9-11)19-3/h5-6,9,15H,4,7-8,10H2,1-3H3. The third-order valence-corrected chi connectivity index (χ3v) is 2.69. The lowest BCUT2D eigenvalue weighted by molar-refractivity contribution is 0.0989. The van der Waals surface area contributed by atoms with Crippen LogP contribution in [0.1, 0.15) is 16.8 Å². The maximum Gasteiger partial charge on any atom is 0.176 e. The van der Waals surface area contributed by atoms with E-state index in [9.17, 15) is 4.79 Å². The van der Waals surface area contributed by atoms with Gasteiger partial charge in [-0.1, -0.05) is 0 Å². The summed E-state index contributed by atoms with van der Waals surface area (Å²) in [4.78, 5) is 12.0. The fraction of sp³-hybridized carbons (Fsp3) is 0.500. The number of Topliss-reactive ketones (excluding diaryl/α,β-unsaturated/α-hetero) is 1. The van der Waals surface area contributed by atoms with Crippen LogP contribution in [-0.4, -0.2) is 46.8 Å². The van der Waals surface area contributed by atoms with Crippen LogP contribution in [0.3, 0.4) is 0 Å². The lowest BCUT2D eigenvalue weighted by Crippen LogP contribution is -2.24.